The number of hydrogen-bond acceptors (Lipinski definition) is 3. The lowest BCUT2D eigenvalue weighted by molar-refractivity contribution is -0.134. The summed E-state index contributed by atoms with van der Waals surface area (Å²) in [5.74, 6) is 0.172. The predicted octanol–water partition coefficient (Wildman–Crippen LogP) is 1.33. The minimum Gasteiger partial charge on any atom is -0.393 e. The first-order valence-corrected chi connectivity index (χ1v) is 6.56. The van der Waals surface area contributed by atoms with E-state index in [0.717, 1.165) is 25.9 Å². The Morgan fingerprint density at radius 1 is 1.59 bits per heavy atom. The quantitative estimate of drug-likeness (QED) is 0.756. The lowest BCUT2D eigenvalue weighted by Crippen LogP contribution is -2.37. The molecule has 4 nitrogen and oxygen atoms in total. The SMILES string of the molecule is CC(CN(C)C(=O)CC1CCCCO1)C(N)=S. The van der Waals surface area contributed by atoms with Crippen LogP contribution in [0.25, 0.3) is 0 Å². The minimum atomic E-state index is 0.0613. The number of nitrogens with zero attached hydrogens (tertiary/aromatic N) is 1. The number of carbonyl (C=O) groups excluding carboxylic acids is 1. The van der Waals surface area contributed by atoms with E-state index in [9.17, 15) is 4.79 Å². The van der Waals surface area contributed by atoms with Crippen LogP contribution in [-0.2, 0) is 9.53 Å². The van der Waals surface area contributed by atoms with E-state index in [-0.39, 0.29) is 17.9 Å². The maximum atomic E-state index is 11.9. The first-order valence-electron chi connectivity index (χ1n) is 6.15. The largest absolute Gasteiger partial charge is 0.393 e. The van der Waals surface area contributed by atoms with Crippen molar-refractivity contribution in [3.63, 3.8) is 0 Å². The van der Waals surface area contributed by atoms with E-state index in [1.165, 1.54) is 0 Å². The summed E-state index contributed by atoms with van der Waals surface area (Å²) in [7, 11) is 1.79. The van der Waals surface area contributed by atoms with E-state index in [4.69, 9.17) is 22.7 Å². The van der Waals surface area contributed by atoms with Crippen LogP contribution in [0.4, 0.5) is 0 Å². The summed E-state index contributed by atoms with van der Waals surface area (Å²) in [6.07, 6.45) is 3.83. The molecule has 2 atom stereocenters. The topological polar surface area (TPSA) is 55.6 Å². The van der Waals surface area contributed by atoms with Crippen LogP contribution in [0.5, 0.6) is 0 Å². The van der Waals surface area contributed by atoms with Crippen LogP contribution in [0.2, 0.25) is 0 Å². The molecule has 2 N–H and O–H groups in total. The molecule has 0 aromatic rings. The van der Waals surface area contributed by atoms with Gasteiger partial charge in [0.05, 0.1) is 17.5 Å². The molecule has 0 bridgehead atoms. The van der Waals surface area contributed by atoms with Crippen LogP contribution in [0.3, 0.4) is 0 Å². The maximum absolute atomic E-state index is 11.9. The average molecular weight is 258 g/mol. The Labute approximate surface area is 108 Å². The molecule has 1 amide bonds. The van der Waals surface area contributed by atoms with Gasteiger partial charge in [-0.1, -0.05) is 19.1 Å². The minimum absolute atomic E-state index is 0.0613. The van der Waals surface area contributed by atoms with E-state index in [0.29, 0.717) is 18.0 Å². The van der Waals surface area contributed by atoms with Crippen molar-refractivity contribution < 1.29 is 9.53 Å². The zero-order chi connectivity index (χ0) is 12.8. The second kappa shape index (κ2) is 6.91. The molecule has 2 unspecified atom stereocenters. The zero-order valence-electron chi connectivity index (χ0n) is 10.6. The van der Waals surface area contributed by atoms with Crippen LogP contribution in [0, 0.1) is 5.92 Å². The van der Waals surface area contributed by atoms with E-state index in [2.05, 4.69) is 0 Å². The lowest BCUT2D eigenvalue weighted by Gasteiger charge is -2.26. The van der Waals surface area contributed by atoms with E-state index in [1.54, 1.807) is 11.9 Å². The first-order chi connectivity index (χ1) is 8.00. The lowest BCUT2D eigenvalue weighted by atomic mass is 10.1. The predicted molar refractivity (Wildman–Crippen MR) is 71.8 cm³/mol. The van der Waals surface area contributed by atoms with Crippen LogP contribution in [0.15, 0.2) is 0 Å². The van der Waals surface area contributed by atoms with Crippen molar-refractivity contribution in [3.05, 3.63) is 0 Å². The highest BCUT2D eigenvalue weighted by molar-refractivity contribution is 7.80. The Morgan fingerprint density at radius 2 is 2.29 bits per heavy atom. The number of ether oxygens (including phenoxy) is 1. The van der Waals surface area contributed by atoms with Crippen molar-refractivity contribution in [3.8, 4) is 0 Å². The Hall–Kier alpha value is -0.680. The summed E-state index contributed by atoms with van der Waals surface area (Å²) in [5.41, 5.74) is 5.54. The fourth-order valence-electron chi connectivity index (χ4n) is 1.92. The highest BCUT2D eigenvalue weighted by Crippen LogP contribution is 2.16. The van der Waals surface area contributed by atoms with Crippen molar-refractivity contribution in [1.82, 2.24) is 4.90 Å². The molecule has 1 aliphatic heterocycles. The van der Waals surface area contributed by atoms with E-state index < -0.39 is 0 Å². The highest BCUT2D eigenvalue weighted by Gasteiger charge is 2.21. The molecule has 5 heteroatoms. The molecule has 0 aromatic carbocycles. The smallest absolute Gasteiger partial charge is 0.224 e. The summed E-state index contributed by atoms with van der Waals surface area (Å²) < 4.78 is 5.55. The molecule has 0 saturated carbocycles. The summed E-state index contributed by atoms with van der Waals surface area (Å²) in [5, 5.41) is 0. The Balaban J connectivity index is 2.33. The third-order valence-corrected chi connectivity index (χ3v) is 3.54. The summed E-state index contributed by atoms with van der Waals surface area (Å²) in [4.78, 5) is 14.1. The Bertz CT molecular complexity index is 278. The van der Waals surface area contributed by atoms with Crippen molar-refractivity contribution >= 4 is 23.1 Å². The monoisotopic (exact) mass is 258 g/mol. The van der Waals surface area contributed by atoms with Gasteiger partial charge in [0, 0.05) is 26.1 Å². The number of nitrogens with two attached hydrogens (primary N) is 1. The van der Waals surface area contributed by atoms with Crippen LogP contribution >= 0.6 is 12.2 Å². The molecular weight excluding hydrogens is 236 g/mol. The average Bonchev–Trinajstić information content (AvgIpc) is 2.29. The molecule has 0 aliphatic carbocycles. The van der Waals surface area contributed by atoms with Crippen molar-refractivity contribution in [2.45, 2.75) is 38.7 Å². The van der Waals surface area contributed by atoms with Crippen molar-refractivity contribution in [2.75, 3.05) is 20.2 Å². The standard InChI is InChI=1S/C12H22N2O2S/c1-9(12(13)17)8-14(2)11(15)7-10-5-3-4-6-16-10/h9-10H,3-8H2,1-2H3,(H2,13,17). The van der Waals surface area contributed by atoms with Gasteiger partial charge in [-0.25, -0.2) is 0 Å². The van der Waals surface area contributed by atoms with Gasteiger partial charge in [-0.3, -0.25) is 4.79 Å². The third-order valence-electron chi connectivity index (χ3n) is 3.14. The van der Waals surface area contributed by atoms with E-state index >= 15 is 0 Å². The van der Waals surface area contributed by atoms with Crippen LogP contribution < -0.4 is 5.73 Å². The summed E-state index contributed by atoms with van der Waals surface area (Å²) in [6.45, 7) is 3.30. The fourth-order valence-corrected chi connectivity index (χ4v) is 2.00. The molecule has 0 spiro atoms. The molecule has 0 radical (unpaired) electrons. The van der Waals surface area contributed by atoms with Gasteiger partial charge in [0.25, 0.3) is 0 Å². The fraction of sp³-hybridized carbons (Fsp3) is 0.833. The molecule has 1 rings (SSSR count). The van der Waals surface area contributed by atoms with Gasteiger partial charge in [0.15, 0.2) is 0 Å². The molecule has 98 valence electrons. The van der Waals surface area contributed by atoms with Crippen LogP contribution in [-0.4, -0.2) is 42.1 Å². The van der Waals surface area contributed by atoms with Crippen molar-refractivity contribution in [2.24, 2.45) is 11.7 Å². The van der Waals surface area contributed by atoms with Gasteiger partial charge >= 0.3 is 0 Å². The van der Waals surface area contributed by atoms with Gasteiger partial charge in [0.2, 0.25) is 5.91 Å². The first kappa shape index (κ1) is 14.4. The van der Waals surface area contributed by atoms with Crippen molar-refractivity contribution in [1.29, 1.82) is 0 Å². The van der Waals surface area contributed by atoms with Gasteiger partial charge in [-0.2, -0.15) is 0 Å². The number of amides is 1. The van der Waals surface area contributed by atoms with Crippen LogP contribution in [0.1, 0.15) is 32.6 Å². The second-order valence-corrected chi connectivity index (χ2v) is 5.24. The molecule has 1 fully saturated rings. The molecular formula is C12H22N2O2S. The number of hydrogen-bond donors (Lipinski definition) is 1. The molecule has 1 saturated heterocycles. The van der Waals surface area contributed by atoms with Gasteiger partial charge in [-0.05, 0) is 19.3 Å². The normalized spacial score (nSPS) is 21.9. The van der Waals surface area contributed by atoms with E-state index in [1.807, 2.05) is 6.92 Å². The second-order valence-electron chi connectivity index (χ2n) is 4.77. The third kappa shape index (κ3) is 5.00. The Morgan fingerprint density at radius 3 is 2.82 bits per heavy atom. The van der Waals surface area contributed by atoms with Gasteiger partial charge < -0.3 is 15.4 Å². The zero-order valence-corrected chi connectivity index (χ0v) is 11.5. The van der Waals surface area contributed by atoms with Gasteiger partial charge in [-0.15, -0.1) is 0 Å². The van der Waals surface area contributed by atoms with Gasteiger partial charge in [0.1, 0.15) is 0 Å². The summed E-state index contributed by atoms with van der Waals surface area (Å²) in [6, 6.07) is 0. The number of thiocarbonyl (C=S) groups is 1. The number of rotatable bonds is 5. The summed E-state index contributed by atoms with van der Waals surface area (Å²) >= 11 is 4.90. The maximum Gasteiger partial charge on any atom is 0.224 e. The molecule has 1 heterocycles. The highest BCUT2D eigenvalue weighted by atomic mass is 32.1. The number of carbonyl (C=O) groups is 1. The Kier molecular flexibility index (Phi) is 5.85. The molecule has 1 aliphatic rings. The molecule has 0 aromatic heterocycles. The molecule has 17 heavy (non-hydrogen) atoms.